The number of hydrogen-bond donors (Lipinski definition) is 0. The fourth-order valence-electron chi connectivity index (χ4n) is 4.01. The summed E-state index contributed by atoms with van der Waals surface area (Å²) in [5.41, 5.74) is 5.18. The monoisotopic (exact) mass is 465 g/mol. The molecule has 0 unspecified atom stereocenters. The van der Waals surface area contributed by atoms with Crippen LogP contribution >= 0.6 is 0 Å². The number of fused-ring (bicyclic) bond motifs is 2. The van der Waals surface area contributed by atoms with Gasteiger partial charge in [-0.15, -0.1) is 35.4 Å². The fourth-order valence-corrected chi connectivity index (χ4v) is 4.01. The third kappa shape index (κ3) is 1.84. The Labute approximate surface area is 145 Å². The van der Waals surface area contributed by atoms with Gasteiger partial charge in [-0.3, -0.25) is 0 Å². The fraction of sp³-hybridized carbons (Fsp3) is 0.250. The summed E-state index contributed by atoms with van der Waals surface area (Å²) in [4.78, 5) is 4.68. The number of pyridine rings is 1. The van der Waals surface area contributed by atoms with Gasteiger partial charge in [-0.25, -0.2) is 0 Å². The summed E-state index contributed by atoms with van der Waals surface area (Å²) >= 11 is 0. The van der Waals surface area contributed by atoms with E-state index in [4.69, 9.17) is 0 Å². The molecular formula is C20H18IrN-. The van der Waals surface area contributed by atoms with E-state index < -0.39 is 0 Å². The van der Waals surface area contributed by atoms with Crippen molar-refractivity contribution in [3.05, 3.63) is 65.9 Å². The second kappa shape index (κ2) is 5.61. The van der Waals surface area contributed by atoms with Crippen molar-refractivity contribution in [2.45, 2.75) is 32.1 Å². The Morgan fingerprint density at radius 3 is 2.55 bits per heavy atom. The molecule has 0 fully saturated rings. The summed E-state index contributed by atoms with van der Waals surface area (Å²) in [5, 5.41) is 2.60. The average Bonchev–Trinajstić information content (AvgIpc) is 2.56. The topological polar surface area (TPSA) is 12.9 Å². The molecule has 1 nitrogen and oxygen atoms in total. The molecule has 113 valence electrons. The van der Waals surface area contributed by atoms with Crippen molar-refractivity contribution < 1.29 is 20.1 Å². The second-order valence-corrected chi connectivity index (χ2v) is 5.81. The summed E-state index contributed by atoms with van der Waals surface area (Å²) < 4.78 is 0. The van der Waals surface area contributed by atoms with Gasteiger partial charge in [0.2, 0.25) is 0 Å². The van der Waals surface area contributed by atoms with Crippen molar-refractivity contribution in [3.63, 3.8) is 0 Å². The quantitative estimate of drug-likeness (QED) is 0.480. The molecule has 1 radical (unpaired) electrons. The van der Waals surface area contributed by atoms with E-state index in [0.717, 1.165) is 18.5 Å². The van der Waals surface area contributed by atoms with E-state index in [0.29, 0.717) is 0 Å². The standard InChI is InChI=1S/C20H18N.Ir/c1-3-20(4-2)16-10-6-5-9-15(16)19-18-14(12-13-21-19)8-7-11-17(18)20;/h5-8,10-13H,3-4H2,1-2H3;/q-1;. The minimum Gasteiger partial charge on any atom is -0.304 e. The van der Waals surface area contributed by atoms with Gasteiger partial charge in [0.1, 0.15) is 0 Å². The third-order valence-corrected chi connectivity index (χ3v) is 5.12. The van der Waals surface area contributed by atoms with Crippen molar-refractivity contribution >= 4 is 10.8 Å². The van der Waals surface area contributed by atoms with Gasteiger partial charge < -0.3 is 4.98 Å². The molecule has 0 N–H and O–H groups in total. The van der Waals surface area contributed by atoms with Crippen LogP contribution in [0.15, 0.2) is 48.7 Å². The maximum absolute atomic E-state index is 4.68. The van der Waals surface area contributed by atoms with Crippen molar-refractivity contribution in [1.29, 1.82) is 0 Å². The van der Waals surface area contributed by atoms with Crippen LogP contribution in [0.2, 0.25) is 0 Å². The Hall–Kier alpha value is -1.50. The van der Waals surface area contributed by atoms with Crippen LogP contribution in [0, 0.1) is 6.07 Å². The predicted molar refractivity (Wildman–Crippen MR) is 87.4 cm³/mol. The SMILES string of the molecule is CCC1(CC)c2ccc[c-]c2-c2nccc3cccc1c23.[Ir]. The van der Waals surface area contributed by atoms with E-state index in [1.807, 2.05) is 12.3 Å². The number of benzene rings is 2. The van der Waals surface area contributed by atoms with E-state index in [2.05, 4.69) is 61.3 Å². The van der Waals surface area contributed by atoms with Crippen molar-refractivity contribution in [2.75, 3.05) is 0 Å². The number of hydrogen-bond acceptors (Lipinski definition) is 1. The first-order chi connectivity index (χ1) is 10.3. The molecule has 0 saturated carbocycles. The zero-order chi connectivity index (χ0) is 14.4. The van der Waals surface area contributed by atoms with Gasteiger partial charge in [0.25, 0.3) is 0 Å². The summed E-state index contributed by atoms with van der Waals surface area (Å²) in [6.45, 7) is 4.58. The Kier molecular flexibility index (Phi) is 3.92. The van der Waals surface area contributed by atoms with Gasteiger partial charge in [-0.2, -0.15) is 0 Å². The molecule has 4 rings (SSSR count). The van der Waals surface area contributed by atoms with Gasteiger partial charge in [0.05, 0.1) is 0 Å². The van der Waals surface area contributed by atoms with Crippen LogP contribution in [0.25, 0.3) is 22.0 Å². The van der Waals surface area contributed by atoms with E-state index in [9.17, 15) is 0 Å². The van der Waals surface area contributed by atoms with E-state index in [1.165, 1.54) is 27.5 Å². The summed E-state index contributed by atoms with van der Waals surface area (Å²) in [6.07, 6.45) is 4.11. The van der Waals surface area contributed by atoms with Crippen LogP contribution in [0.3, 0.4) is 0 Å². The molecular weight excluding hydrogens is 446 g/mol. The largest absolute Gasteiger partial charge is 0.304 e. The molecule has 0 atom stereocenters. The van der Waals surface area contributed by atoms with Crippen LogP contribution in [-0.2, 0) is 25.5 Å². The van der Waals surface area contributed by atoms with E-state index >= 15 is 0 Å². The third-order valence-electron chi connectivity index (χ3n) is 5.12. The Balaban J connectivity index is 0.00000144. The molecule has 2 heteroatoms. The first-order valence-corrected chi connectivity index (χ1v) is 7.71. The van der Waals surface area contributed by atoms with Gasteiger partial charge in [-0.1, -0.05) is 44.9 Å². The molecule has 0 saturated heterocycles. The summed E-state index contributed by atoms with van der Waals surface area (Å²) in [7, 11) is 0. The van der Waals surface area contributed by atoms with Crippen LogP contribution in [0.5, 0.6) is 0 Å². The summed E-state index contributed by atoms with van der Waals surface area (Å²) in [5.74, 6) is 0. The molecule has 3 aromatic rings. The maximum atomic E-state index is 4.68. The van der Waals surface area contributed by atoms with Crippen molar-refractivity contribution in [3.8, 4) is 11.3 Å². The first-order valence-electron chi connectivity index (χ1n) is 7.71. The van der Waals surface area contributed by atoms with E-state index in [-0.39, 0.29) is 25.5 Å². The summed E-state index contributed by atoms with van der Waals surface area (Å²) in [6, 6.07) is 18.6. The van der Waals surface area contributed by atoms with Crippen molar-refractivity contribution in [1.82, 2.24) is 4.98 Å². The molecule has 1 heterocycles. The molecule has 0 aliphatic heterocycles. The van der Waals surface area contributed by atoms with Gasteiger partial charge in [0.15, 0.2) is 0 Å². The first kappa shape index (κ1) is 15.4. The van der Waals surface area contributed by atoms with Gasteiger partial charge in [0, 0.05) is 26.3 Å². The Bertz CT molecular complexity index is 829. The molecule has 1 aromatic heterocycles. The van der Waals surface area contributed by atoms with Crippen LogP contribution in [0.1, 0.15) is 37.8 Å². The Morgan fingerprint density at radius 2 is 1.77 bits per heavy atom. The molecule has 0 bridgehead atoms. The molecule has 2 aromatic carbocycles. The van der Waals surface area contributed by atoms with Crippen LogP contribution in [-0.4, -0.2) is 4.98 Å². The number of aromatic nitrogens is 1. The second-order valence-electron chi connectivity index (χ2n) is 5.81. The zero-order valence-electron chi connectivity index (χ0n) is 12.8. The zero-order valence-corrected chi connectivity index (χ0v) is 15.2. The minimum absolute atomic E-state index is 0. The molecule has 1 aliphatic carbocycles. The molecule has 0 amide bonds. The normalized spacial score (nSPS) is 14.3. The van der Waals surface area contributed by atoms with Gasteiger partial charge >= 0.3 is 0 Å². The van der Waals surface area contributed by atoms with Crippen molar-refractivity contribution in [2.24, 2.45) is 0 Å². The van der Waals surface area contributed by atoms with E-state index in [1.54, 1.807) is 0 Å². The minimum atomic E-state index is 0. The predicted octanol–water partition coefficient (Wildman–Crippen LogP) is 5.12. The molecule has 22 heavy (non-hydrogen) atoms. The number of nitrogens with zero attached hydrogens (tertiary/aromatic N) is 1. The Morgan fingerprint density at radius 1 is 1.00 bits per heavy atom. The van der Waals surface area contributed by atoms with Crippen LogP contribution < -0.4 is 0 Å². The number of rotatable bonds is 2. The molecule has 1 aliphatic rings. The maximum Gasteiger partial charge on any atom is 0.0167 e. The van der Waals surface area contributed by atoms with Crippen LogP contribution in [0.4, 0.5) is 0 Å². The smallest absolute Gasteiger partial charge is 0.0167 e. The van der Waals surface area contributed by atoms with Gasteiger partial charge in [-0.05, 0) is 33.5 Å². The average molecular weight is 465 g/mol. The molecule has 0 spiro atoms.